The highest BCUT2D eigenvalue weighted by Crippen LogP contribution is 2.29. The number of carbonyl (C=O) groups is 1. The fraction of sp³-hybridized carbons (Fsp3) is 0.632. The summed E-state index contributed by atoms with van der Waals surface area (Å²) in [5, 5.41) is 0. The van der Waals surface area contributed by atoms with Gasteiger partial charge < -0.3 is 19.1 Å². The third-order valence-electron chi connectivity index (χ3n) is 4.02. The molecular weight excluding hydrogens is 306 g/mol. The molecule has 1 rings (SSSR count). The van der Waals surface area contributed by atoms with Gasteiger partial charge in [-0.2, -0.15) is 0 Å². The maximum absolute atomic E-state index is 12.9. The standard InChI is InChI=1S/C19H31NO4/c1-7-15(4)20(14(2)3)19(21)16-9-10-17(23-6)18(13-16)24-12-8-11-22-5/h9-10,13-15H,7-8,11-12H2,1-6H3/t15-/m1/s1. The summed E-state index contributed by atoms with van der Waals surface area (Å²) < 4.78 is 16.1. The van der Waals surface area contributed by atoms with Crippen molar-refractivity contribution >= 4 is 5.91 Å². The average molecular weight is 337 g/mol. The fourth-order valence-electron chi connectivity index (χ4n) is 2.60. The largest absolute Gasteiger partial charge is 0.493 e. The van der Waals surface area contributed by atoms with Crippen molar-refractivity contribution in [2.75, 3.05) is 27.4 Å². The van der Waals surface area contributed by atoms with Crippen molar-refractivity contribution in [3.63, 3.8) is 0 Å². The molecule has 1 amide bonds. The number of amides is 1. The van der Waals surface area contributed by atoms with Gasteiger partial charge in [-0.05, 0) is 45.4 Å². The molecule has 1 atom stereocenters. The van der Waals surface area contributed by atoms with Gasteiger partial charge in [0.1, 0.15) is 0 Å². The van der Waals surface area contributed by atoms with Crippen LogP contribution in [0.25, 0.3) is 0 Å². The molecule has 0 aliphatic heterocycles. The molecule has 0 spiro atoms. The van der Waals surface area contributed by atoms with Crippen molar-refractivity contribution in [2.24, 2.45) is 0 Å². The van der Waals surface area contributed by atoms with Crippen molar-refractivity contribution in [3.05, 3.63) is 23.8 Å². The van der Waals surface area contributed by atoms with Crippen LogP contribution in [-0.2, 0) is 4.74 Å². The molecule has 0 saturated heterocycles. The topological polar surface area (TPSA) is 48.0 Å². The molecule has 0 aromatic heterocycles. The van der Waals surface area contributed by atoms with Gasteiger partial charge in [0.15, 0.2) is 11.5 Å². The molecule has 0 unspecified atom stereocenters. The monoisotopic (exact) mass is 337 g/mol. The molecule has 0 aliphatic carbocycles. The summed E-state index contributed by atoms with van der Waals surface area (Å²) in [5.41, 5.74) is 0.617. The second kappa shape index (κ2) is 10.2. The molecule has 5 nitrogen and oxygen atoms in total. The molecular formula is C19H31NO4. The second-order valence-corrected chi connectivity index (χ2v) is 6.12. The molecule has 1 aromatic carbocycles. The molecule has 0 N–H and O–H groups in total. The van der Waals surface area contributed by atoms with E-state index in [2.05, 4.69) is 13.8 Å². The molecule has 0 saturated carbocycles. The van der Waals surface area contributed by atoms with Crippen molar-refractivity contribution in [3.8, 4) is 11.5 Å². The lowest BCUT2D eigenvalue weighted by molar-refractivity contribution is 0.0621. The zero-order valence-electron chi connectivity index (χ0n) is 15.8. The van der Waals surface area contributed by atoms with E-state index in [0.717, 1.165) is 12.8 Å². The van der Waals surface area contributed by atoms with Crippen LogP contribution < -0.4 is 9.47 Å². The Hall–Kier alpha value is -1.75. The number of benzene rings is 1. The number of methoxy groups -OCH3 is 2. The number of hydrogen-bond acceptors (Lipinski definition) is 4. The van der Waals surface area contributed by atoms with Gasteiger partial charge in [0.2, 0.25) is 0 Å². The lowest BCUT2D eigenvalue weighted by atomic mass is 10.1. The van der Waals surface area contributed by atoms with E-state index < -0.39 is 0 Å². The SMILES string of the molecule is CC[C@@H](C)N(C(=O)c1ccc(OC)c(OCCCOC)c1)C(C)C. The smallest absolute Gasteiger partial charge is 0.254 e. The third-order valence-corrected chi connectivity index (χ3v) is 4.02. The fourth-order valence-corrected chi connectivity index (χ4v) is 2.60. The predicted octanol–water partition coefficient (Wildman–Crippen LogP) is 3.76. The van der Waals surface area contributed by atoms with Crippen LogP contribution in [0.4, 0.5) is 0 Å². The molecule has 0 bridgehead atoms. The van der Waals surface area contributed by atoms with Crippen LogP contribution in [0.1, 0.15) is 50.9 Å². The summed E-state index contributed by atoms with van der Waals surface area (Å²) in [6.45, 7) is 9.39. The molecule has 0 fully saturated rings. The van der Waals surface area contributed by atoms with Gasteiger partial charge in [-0.25, -0.2) is 0 Å². The number of carbonyl (C=O) groups excluding carboxylic acids is 1. The number of ether oxygens (including phenoxy) is 3. The summed E-state index contributed by atoms with van der Waals surface area (Å²) in [7, 11) is 3.26. The summed E-state index contributed by atoms with van der Waals surface area (Å²) >= 11 is 0. The maximum atomic E-state index is 12.9. The highest BCUT2D eigenvalue weighted by molar-refractivity contribution is 5.95. The molecule has 0 heterocycles. The van der Waals surface area contributed by atoms with Crippen LogP contribution >= 0.6 is 0 Å². The first-order valence-corrected chi connectivity index (χ1v) is 8.58. The predicted molar refractivity (Wildman–Crippen MR) is 96.0 cm³/mol. The first-order valence-electron chi connectivity index (χ1n) is 8.58. The molecule has 0 radical (unpaired) electrons. The van der Waals surface area contributed by atoms with Crippen LogP contribution in [-0.4, -0.2) is 50.3 Å². The minimum atomic E-state index is 0.0174. The highest BCUT2D eigenvalue weighted by atomic mass is 16.5. The first kappa shape index (κ1) is 20.3. The normalized spacial score (nSPS) is 12.1. The van der Waals surface area contributed by atoms with E-state index in [1.54, 1.807) is 32.4 Å². The molecule has 0 aliphatic rings. The molecule has 5 heteroatoms. The Morgan fingerprint density at radius 1 is 1.12 bits per heavy atom. The quantitative estimate of drug-likeness (QED) is 0.610. The Morgan fingerprint density at radius 2 is 1.83 bits per heavy atom. The van der Waals surface area contributed by atoms with E-state index in [1.165, 1.54) is 0 Å². The Bertz CT molecular complexity index is 516. The molecule has 1 aromatic rings. The Morgan fingerprint density at radius 3 is 2.38 bits per heavy atom. The Labute approximate surface area is 145 Å². The van der Waals surface area contributed by atoms with Gasteiger partial charge in [0.25, 0.3) is 5.91 Å². The van der Waals surface area contributed by atoms with E-state index in [0.29, 0.717) is 30.3 Å². The van der Waals surface area contributed by atoms with E-state index >= 15 is 0 Å². The van der Waals surface area contributed by atoms with Crippen molar-refractivity contribution in [2.45, 2.75) is 52.6 Å². The second-order valence-electron chi connectivity index (χ2n) is 6.12. The van der Waals surface area contributed by atoms with Gasteiger partial charge in [-0.1, -0.05) is 6.92 Å². The minimum absolute atomic E-state index is 0.0174. The maximum Gasteiger partial charge on any atom is 0.254 e. The summed E-state index contributed by atoms with van der Waals surface area (Å²) in [6.07, 6.45) is 1.70. The van der Waals surface area contributed by atoms with Gasteiger partial charge in [0.05, 0.1) is 13.7 Å². The first-order chi connectivity index (χ1) is 11.5. The molecule has 136 valence electrons. The van der Waals surface area contributed by atoms with Crippen molar-refractivity contribution in [1.82, 2.24) is 4.90 Å². The van der Waals surface area contributed by atoms with Gasteiger partial charge in [0, 0.05) is 37.8 Å². The van der Waals surface area contributed by atoms with Gasteiger partial charge in [-0.15, -0.1) is 0 Å². The van der Waals surface area contributed by atoms with E-state index in [1.807, 2.05) is 18.7 Å². The zero-order chi connectivity index (χ0) is 18.1. The average Bonchev–Trinajstić information content (AvgIpc) is 2.58. The lowest BCUT2D eigenvalue weighted by Gasteiger charge is -2.32. The van der Waals surface area contributed by atoms with E-state index in [4.69, 9.17) is 14.2 Å². The zero-order valence-corrected chi connectivity index (χ0v) is 15.8. The summed E-state index contributed by atoms with van der Waals surface area (Å²) in [5.74, 6) is 1.24. The van der Waals surface area contributed by atoms with Crippen LogP contribution in [0.15, 0.2) is 18.2 Å². The van der Waals surface area contributed by atoms with Crippen molar-refractivity contribution < 1.29 is 19.0 Å². The Balaban J connectivity index is 2.99. The van der Waals surface area contributed by atoms with Crippen LogP contribution in [0.2, 0.25) is 0 Å². The van der Waals surface area contributed by atoms with Crippen LogP contribution in [0.3, 0.4) is 0 Å². The third kappa shape index (κ3) is 5.41. The highest BCUT2D eigenvalue weighted by Gasteiger charge is 2.24. The van der Waals surface area contributed by atoms with Gasteiger partial charge in [-0.3, -0.25) is 4.79 Å². The number of rotatable bonds is 10. The van der Waals surface area contributed by atoms with E-state index in [-0.39, 0.29) is 18.0 Å². The number of hydrogen-bond donors (Lipinski definition) is 0. The Kier molecular flexibility index (Phi) is 8.61. The number of nitrogens with zero attached hydrogens (tertiary/aromatic N) is 1. The van der Waals surface area contributed by atoms with Crippen LogP contribution in [0.5, 0.6) is 11.5 Å². The van der Waals surface area contributed by atoms with Crippen LogP contribution in [0, 0.1) is 0 Å². The van der Waals surface area contributed by atoms with Gasteiger partial charge >= 0.3 is 0 Å². The van der Waals surface area contributed by atoms with E-state index in [9.17, 15) is 4.79 Å². The minimum Gasteiger partial charge on any atom is -0.493 e. The summed E-state index contributed by atoms with van der Waals surface area (Å²) in [4.78, 5) is 14.8. The lowest BCUT2D eigenvalue weighted by Crippen LogP contribution is -2.43. The summed E-state index contributed by atoms with van der Waals surface area (Å²) in [6, 6.07) is 5.67. The molecule has 24 heavy (non-hydrogen) atoms. The van der Waals surface area contributed by atoms with Crippen molar-refractivity contribution in [1.29, 1.82) is 0 Å².